The third kappa shape index (κ3) is 0.571. The van der Waals surface area contributed by atoms with Gasteiger partial charge in [-0.3, -0.25) is 4.79 Å². The second kappa shape index (κ2) is 1.46. The summed E-state index contributed by atoms with van der Waals surface area (Å²) in [5.74, 6) is 0.0801. The molecule has 0 radical (unpaired) electrons. The average Bonchev–Trinajstić information content (AvgIpc) is 2.08. The van der Waals surface area contributed by atoms with Crippen LogP contribution in [0.2, 0.25) is 0 Å². The molecular weight excluding hydrogens is 122 g/mol. The molecule has 0 spiro atoms. The van der Waals surface area contributed by atoms with Gasteiger partial charge in [-0.25, -0.2) is 0 Å². The van der Waals surface area contributed by atoms with Crippen LogP contribution in [0.15, 0.2) is 0 Å². The van der Waals surface area contributed by atoms with Gasteiger partial charge in [0.25, 0.3) is 0 Å². The van der Waals surface area contributed by atoms with Gasteiger partial charge in [0.05, 0.1) is 13.0 Å². The lowest BCUT2D eigenvalue weighted by molar-refractivity contribution is -0.162. The largest absolute Gasteiger partial charge is 0.366 e. The maximum atomic E-state index is 10.6. The molecule has 2 saturated heterocycles. The van der Waals surface area contributed by atoms with Crippen LogP contribution in [-0.2, 0) is 9.53 Å². The van der Waals surface area contributed by atoms with Crippen molar-refractivity contribution in [2.45, 2.75) is 18.9 Å². The van der Waals surface area contributed by atoms with E-state index in [1.54, 1.807) is 0 Å². The van der Waals surface area contributed by atoms with Crippen molar-refractivity contribution >= 4 is 5.91 Å². The number of fused-ring (bicyclic) bond motifs is 1. The van der Waals surface area contributed by atoms with Crippen LogP contribution in [0.4, 0.5) is 0 Å². The molecule has 2 heterocycles. The van der Waals surface area contributed by atoms with Crippen molar-refractivity contribution in [1.82, 2.24) is 4.90 Å². The Bertz CT molecular complexity index is 158. The number of aliphatic hydroxyl groups is 1. The zero-order valence-corrected chi connectivity index (χ0v) is 4.78. The lowest BCUT2D eigenvalue weighted by Crippen LogP contribution is -2.48. The molecule has 1 N–H and O–H groups in total. The van der Waals surface area contributed by atoms with Crippen molar-refractivity contribution in [2.75, 3.05) is 6.54 Å². The summed E-state index contributed by atoms with van der Waals surface area (Å²) < 4.78 is 4.89. The quantitative estimate of drug-likeness (QED) is 0.422. The minimum Gasteiger partial charge on any atom is -0.366 e. The fourth-order valence-corrected chi connectivity index (χ4v) is 1.16. The molecule has 2 aliphatic rings. The van der Waals surface area contributed by atoms with Gasteiger partial charge in [-0.15, -0.1) is 0 Å². The number of carbonyl (C=O) groups excluding carboxylic acids is 1. The average molecular weight is 129 g/mol. The first-order valence-corrected chi connectivity index (χ1v) is 2.90. The summed E-state index contributed by atoms with van der Waals surface area (Å²) in [5.41, 5.74) is 0. The van der Waals surface area contributed by atoms with Gasteiger partial charge in [-0.2, -0.15) is 0 Å². The summed E-state index contributed by atoms with van der Waals surface area (Å²) in [5, 5.41) is 8.81. The van der Waals surface area contributed by atoms with Crippen LogP contribution in [-0.4, -0.2) is 35.0 Å². The molecule has 2 rings (SSSR count). The highest BCUT2D eigenvalue weighted by Gasteiger charge is 2.44. The summed E-state index contributed by atoms with van der Waals surface area (Å²) in [6, 6.07) is 0. The molecular formula is C5H7NO3. The van der Waals surface area contributed by atoms with Gasteiger partial charge in [-0.05, 0) is 0 Å². The standard InChI is InChI=1S/C5H7NO3/c7-3-1-4-6(3)2-5(8)9-4/h4-5,8H,1-2H2. The molecule has 1 amide bonds. The Hall–Kier alpha value is -0.610. The smallest absolute Gasteiger partial charge is 0.229 e. The molecule has 2 fully saturated rings. The van der Waals surface area contributed by atoms with Crippen molar-refractivity contribution in [1.29, 1.82) is 0 Å². The van der Waals surface area contributed by atoms with Crippen molar-refractivity contribution in [3.05, 3.63) is 0 Å². The third-order valence-electron chi connectivity index (χ3n) is 1.68. The summed E-state index contributed by atoms with van der Waals surface area (Å²) in [6.45, 7) is 0.351. The predicted molar refractivity (Wildman–Crippen MR) is 27.2 cm³/mol. The first-order valence-electron chi connectivity index (χ1n) is 2.90. The summed E-state index contributed by atoms with van der Waals surface area (Å²) >= 11 is 0. The summed E-state index contributed by atoms with van der Waals surface area (Å²) in [7, 11) is 0. The third-order valence-corrected chi connectivity index (χ3v) is 1.68. The van der Waals surface area contributed by atoms with E-state index in [0.29, 0.717) is 13.0 Å². The molecule has 0 saturated carbocycles. The summed E-state index contributed by atoms with van der Waals surface area (Å²) in [6.07, 6.45) is -0.425. The SMILES string of the molecule is O=C1CC2OC(O)CN12. The van der Waals surface area contributed by atoms with Crippen molar-refractivity contribution in [3.8, 4) is 0 Å². The number of rotatable bonds is 0. The van der Waals surface area contributed by atoms with Gasteiger partial charge in [0.1, 0.15) is 6.23 Å². The van der Waals surface area contributed by atoms with E-state index in [9.17, 15) is 4.79 Å². The first-order chi connectivity index (χ1) is 4.27. The van der Waals surface area contributed by atoms with E-state index in [4.69, 9.17) is 9.84 Å². The number of aliphatic hydroxyl groups excluding tert-OH is 1. The Labute approximate surface area is 52.0 Å². The number of nitrogens with zero attached hydrogens (tertiary/aromatic N) is 1. The Morgan fingerprint density at radius 2 is 2.56 bits per heavy atom. The second-order valence-corrected chi connectivity index (χ2v) is 2.30. The van der Waals surface area contributed by atoms with Crippen LogP contribution in [0, 0.1) is 0 Å². The van der Waals surface area contributed by atoms with E-state index in [0.717, 1.165) is 0 Å². The zero-order valence-electron chi connectivity index (χ0n) is 4.78. The maximum absolute atomic E-state index is 10.6. The van der Waals surface area contributed by atoms with Crippen LogP contribution < -0.4 is 0 Å². The van der Waals surface area contributed by atoms with E-state index in [-0.39, 0.29) is 12.1 Å². The van der Waals surface area contributed by atoms with Crippen LogP contribution >= 0.6 is 0 Å². The highest BCUT2D eigenvalue weighted by Crippen LogP contribution is 2.26. The van der Waals surface area contributed by atoms with Crippen LogP contribution in [0.1, 0.15) is 6.42 Å². The van der Waals surface area contributed by atoms with Crippen LogP contribution in [0.3, 0.4) is 0 Å². The molecule has 4 nitrogen and oxygen atoms in total. The van der Waals surface area contributed by atoms with Crippen LogP contribution in [0.5, 0.6) is 0 Å². The fourth-order valence-electron chi connectivity index (χ4n) is 1.16. The molecule has 50 valence electrons. The van der Waals surface area contributed by atoms with Gasteiger partial charge in [0, 0.05) is 0 Å². The number of carbonyl (C=O) groups is 1. The van der Waals surface area contributed by atoms with E-state index in [1.807, 2.05) is 0 Å². The van der Waals surface area contributed by atoms with Crippen LogP contribution in [0.25, 0.3) is 0 Å². The number of β-lactam (4-membered cyclic amide) rings is 1. The van der Waals surface area contributed by atoms with Gasteiger partial charge in [-0.1, -0.05) is 0 Å². The number of amides is 1. The van der Waals surface area contributed by atoms with Crippen molar-refractivity contribution in [2.24, 2.45) is 0 Å². The molecule has 0 aromatic rings. The Balaban J connectivity index is 2.08. The molecule has 0 bridgehead atoms. The summed E-state index contributed by atoms with van der Waals surface area (Å²) in [4.78, 5) is 12.1. The minimum atomic E-state index is -0.749. The Morgan fingerprint density at radius 1 is 1.78 bits per heavy atom. The minimum absolute atomic E-state index is 0.0801. The van der Waals surface area contributed by atoms with Crippen molar-refractivity contribution < 1.29 is 14.6 Å². The molecule has 9 heavy (non-hydrogen) atoms. The lowest BCUT2D eigenvalue weighted by Gasteiger charge is -2.31. The molecule has 2 atom stereocenters. The molecule has 4 heteroatoms. The van der Waals surface area contributed by atoms with E-state index < -0.39 is 6.29 Å². The molecule has 0 aromatic heterocycles. The monoisotopic (exact) mass is 129 g/mol. The number of ether oxygens (including phenoxy) is 1. The van der Waals surface area contributed by atoms with Gasteiger partial charge >= 0.3 is 0 Å². The van der Waals surface area contributed by atoms with Crippen molar-refractivity contribution in [3.63, 3.8) is 0 Å². The molecule has 2 aliphatic heterocycles. The van der Waals surface area contributed by atoms with Gasteiger partial charge in [0.15, 0.2) is 6.29 Å². The predicted octanol–water partition coefficient (Wildman–Crippen LogP) is -1.11. The van der Waals surface area contributed by atoms with Gasteiger partial charge < -0.3 is 14.7 Å². The molecule has 2 unspecified atom stereocenters. The van der Waals surface area contributed by atoms with E-state index >= 15 is 0 Å². The lowest BCUT2D eigenvalue weighted by atomic mass is 10.2. The number of hydrogen-bond donors (Lipinski definition) is 1. The molecule has 0 aromatic carbocycles. The normalized spacial score (nSPS) is 40.6. The highest BCUT2D eigenvalue weighted by atomic mass is 16.6. The van der Waals surface area contributed by atoms with Gasteiger partial charge in [0.2, 0.25) is 5.91 Å². The Kier molecular flexibility index (Phi) is 0.841. The van der Waals surface area contributed by atoms with E-state index in [2.05, 4.69) is 0 Å². The molecule has 0 aliphatic carbocycles. The topological polar surface area (TPSA) is 49.8 Å². The first kappa shape index (κ1) is 5.20. The zero-order chi connectivity index (χ0) is 6.43. The number of hydrogen-bond acceptors (Lipinski definition) is 3. The maximum Gasteiger partial charge on any atom is 0.229 e. The Morgan fingerprint density at radius 3 is 3.00 bits per heavy atom. The fraction of sp³-hybridized carbons (Fsp3) is 0.800. The van der Waals surface area contributed by atoms with E-state index in [1.165, 1.54) is 4.90 Å². The highest BCUT2D eigenvalue weighted by molar-refractivity contribution is 5.82. The second-order valence-electron chi connectivity index (χ2n) is 2.30.